The average Bonchev–Trinajstić information content (AvgIpc) is 3.38. The molecule has 0 spiro atoms. The number of aryl methyl sites for hydroxylation is 2. The van der Waals surface area contributed by atoms with E-state index in [4.69, 9.17) is 0 Å². The fraction of sp³-hybridized carbons (Fsp3) is 0.762. The molecule has 25 heavy (non-hydrogen) atoms. The van der Waals surface area contributed by atoms with E-state index in [1.54, 1.807) is 11.3 Å². The Bertz CT molecular complexity index is 570. The molecule has 1 aliphatic carbocycles. The summed E-state index contributed by atoms with van der Waals surface area (Å²) in [6, 6.07) is 2.12. The van der Waals surface area contributed by atoms with E-state index in [0.29, 0.717) is 0 Å². The van der Waals surface area contributed by atoms with Crippen molar-refractivity contribution >= 4 is 17.2 Å². The van der Waals surface area contributed by atoms with Crippen LogP contribution in [0.1, 0.15) is 66.1 Å². The third kappa shape index (κ3) is 5.07. The van der Waals surface area contributed by atoms with Gasteiger partial charge in [-0.2, -0.15) is 0 Å². The van der Waals surface area contributed by atoms with Crippen molar-refractivity contribution in [3.63, 3.8) is 0 Å². The number of amides is 1. The van der Waals surface area contributed by atoms with Crippen molar-refractivity contribution in [2.45, 2.75) is 59.3 Å². The smallest absolute Gasteiger partial charge is 0.263 e. The fourth-order valence-electron chi connectivity index (χ4n) is 3.97. The predicted octanol–water partition coefficient (Wildman–Crippen LogP) is 4.59. The Kier molecular flexibility index (Phi) is 6.56. The lowest BCUT2D eigenvalue weighted by Crippen LogP contribution is -2.39. The van der Waals surface area contributed by atoms with Crippen LogP contribution in [-0.2, 0) is 6.42 Å². The predicted molar refractivity (Wildman–Crippen MR) is 107 cm³/mol. The summed E-state index contributed by atoms with van der Waals surface area (Å²) in [7, 11) is 0. The maximum atomic E-state index is 12.8. The SMILES string of the molecule is CCc1cc(C(=O)N2CCC(CCN(CC)CC3CC3)CC2)sc1C. The van der Waals surface area contributed by atoms with E-state index in [9.17, 15) is 4.79 Å². The zero-order valence-electron chi connectivity index (χ0n) is 16.2. The maximum absolute atomic E-state index is 12.8. The van der Waals surface area contributed by atoms with Crippen molar-refractivity contribution in [1.82, 2.24) is 9.80 Å². The third-order valence-electron chi connectivity index (χ3n) is 6.03. The maximum Gasteiger partial charge on any atom is 0.263 e. The van der Waals surface area contributed by atoms with Crippen molar-refractivity contribution in [3.8, 4) is 0 Å². The minimum Gasteiger partial charge on any atom is -0.338 e. The van der Waals surface area contributed by atoms with Crippen LogP contribution in [0.4, 0.5) is 0 Å². The topological polar surface area (TPSA) is 23.6 Å². The van der Waals surface area contributed by atoms with E-state index >= 15 is 0 Å². The van der Waals surface area contributed by atoms with Gasteiger partial charge in [-0.25, -0.2) is 0 Å². The highest BCUT2D eigenvalue weighted by Crippen LogP contribution is 2.30. The molecule has 0 bridgehead atoms. The van der Waals surface area contributed by atoms with Crippen molar-refractivity contribution in [3.05, 3.63) is 21.4 Å². The van der Waals surface area contributed by atoms with Crippen LogP contribution in [0, 0.1) is 18.8 Å². The third-order valence-corrected chi connectivity index (χ3v) is 7.11. The van der Waals surface area contributed by atoms with Gasteiger partial charge in [0.2, 0.25) is 0 Å². The molecule has 2 heterocycles. The summed E-state index contributed by atoms with van der Waals surface area (Å²) in [5.41, 5.74) is 1.33. The summed E-state index contributed by atoms with van der Waals surface area (Å²) in [5.74, 6) is 2.05. The minimum atomic E-state index is 0.259. The number of thiophene rings is 1. The van der Waals surface area contributed by atoms with E-state index < -0.39 is 0 Å². The van der Waals surface area contributed by atoms with Crippen LogP contribution in [0.5, 0.6) is 0 Å². The Balaban J connectivity index is 1.43. The van der Waals surface area contributed by atoms with Gasteiger partial charge >= 0.3 is 0 Å². The standard InChI is InChI=1S/C21H34N2OS/c1-4-19-14-20(25-16(19)3)21(24)23-12-9-17(10-13-23)8-11-22(5-2)15-18-6-7-18/h14,17-18H,4-13,15H2,1-3H3. The molecule has 0 aromatic carbocycles. The van der Waals surface area contributed by atoms with E-state index in [1.165, 1.54) is 62.2 Å². The Morgan fingerprint density at radius 2 is 1.92 bits per heavy atom. The lowest BCUT2D eigenvalue weighted by molar-refractivity contribution is 0.0685. The molecule has 3 nitrogen and oxygen atoms in total. The highest BCUT2D eigenvalue weighted by Gasteiger charge is 2.27. The van der Waals surface area contributed by atoms with Crippen LogP contribution in [0.15, 0.2) is 6.07 Å². The molecule has 0 N–H and O–H groups in total. The number of carbonyl (C=O) groups excluding carboxylic acids is 1. The lowest BCUT2D eigenvalue weighted by atomic mass is 9.93. The second-order valence-corrected chi connectivity index (χ2v) is 9.16. The molecule has 1 aromatic rings. The van der Waals surface area contributed by atoms with Gasteiger partial charge in [0, 0.05) is 24.5 Å². The molecule has 0 radical (unpaired) electrons. The highest BCUT2D eigenvalue weighted by molar-refractivity contribution is 7.14. The summed E-state index contributed by atoms with van der Waals surface area (Å²) in [6.45, 7) is 12.2. The molecule has 1 saturated heterocycles. The van der Waals surface area contributed by atoms with Gasteiger partial charge in [0.1, 0.15) is 0 Å². The summed E-state index contributed by atoms with van der Waals surface area (Å²) in [4.78, 5) is 19.7. The van der Waals surface area contributed by atoms with Crippen molar-refractivity contribution < 1.29 is 4.79 Å². The minimum absolute atomic E-state index is 0.259. The number of nitrogens with zero attached hydrogens (tertiary/aromatic N) is 2. The molecule has 1 aliphatic heterocycles. The van der Waals surface area contributed by atoms with Gasteiger partial charge in [-0.1, -0.05) is 13.8 Å². The molecular weight excluding hydrogens is 328 g/mol. The van der Waals surface area contributed by atoms with Crippen molar-refractivity contribution in [2.75, 3.05) is 32.7 Å². The van der Waals surface area contributed by atoms with Crippen LogP contribution < -0.4 is 0 Å². The van der Waals surface area contributed by atoms with Gasteiger partial charge in [-0.3, -0.25) is 4.79 Å². The lowest BCUT2D eigenvalue weighted by Gasteiger charge is -2.33. The van der Waals surface area contributed by atoms with Crippen molar-refractivity contribution in [2.24, 2.45) is 11.8 Å². The number of carbonyl (C=O) groups is 1. The van der Waals surface area contributed by atoms with Crippen LogP contribution in [0.2, 0.25) is 0 Å². The van der Waals surface area contributed by atoms with E-state index in [-0.39, 0.29) is 5.91 Å². The molecule has 2 aliphatic rings. The Labute approximate surface area is 157 Å². The van der Waals surface area contributed by atoms with Gasteiger partial charge in [0.15, 0.2) is 0 Å². The number of likely N-dealkylation sites (tertiary alicyclic amines) is 1. The molecular formula is C21H34N2OS. The first-order valence-corrected chi connectivity index (χ1v) is 11.0. The Hall–Kier alpha value is -0.870. The van der Waals surface area contributed by atoms with Crippen LogP contribution in [-0.4, -0.2) is 48.4 Å². The summed E-state index contributed by atoms with van der Waals surface area (Å²) < 4.78 is 0. The first-order chi connectivity index (χ1) is 12.1. The number of hydrogen-bond donors (Lipinski definition) is 0. The quantitative estimate of drug-likeness (QED) is 0.675. The van der Waals surface area contributed by atoms with E-state index in [0.717, 1.165) is 36.2 Å². The summed E-state index contributed by atoms with van der Waals surface area (Å²) in [5, 5.41) is 0. The second kappa shape index (κ2) is 8.68. The van der Waals surface area contributed by atoms with Gasteiger partial charge in [0.05, 0.1) is 4.88 Å². The largest absolute Gasteiger partial charge is 0.338 e. The van der Waals surface area contributed by atoms with Crippen LogP contribution in [0.3, 0.4) is 0 Å². The van der Waals surface area contributed by atoms with Gasteiger partial charge in [-0.05, 0) is 82.0 Å². The zero-order valence-corrected chi connectivity index (χ0v) is 17.0. The van der Waals surface area contributed by atoms with Gasteiger partial charge in [0.25, 0.3) is 5.91 Å². The fourth-order valence-corrected chi connectivity index (χ4v) is 5.05. The summed E-state index contributed by atoms with van der Waals surface area (Å²) in [6.07, 6.45) is 7.57. The van der Waals surface area contributed by atoms with Crippen LogP contribution in [0.25, 0.3) is 0 Å². The molecule has 1 saturated carbocycles. The highest BCUT2D eigenvalue weighted by atomic mass is 32.1. The monoisotopic (exact) mass is 362 g/mol. The van der Waals surface area contributed by atoms with Crippen LogP contribution >= 0.6 is 11.3 Å². The molecule has 0 unspecified atom stereocenters. The molecule has 140 valence electrons. The number of rotatable bonds is 8. The second-order valence-electron chi connectivity index (χ2n) is 7.91. The number of piperidine rings is 1. The van der Waals surface area contributed by atoms with Crippen molar-refractivity contribution in [1.29, 1.82) is 0 Å². The summed E-state index contributed by atoms with van der Waals surface area (Å²) >= 11 is 1.67. The molecule has 0 atom stereocenters. The molecule has 1 amide bonds. The Morgan fingerprint density at radius 1 is 1.20 bits per heavy atom. The van der Waals surface area contributed by atoms with Gasteiger partial charge < -0.3 is 9.80 Å². The number of hydrogen-bond acceptors (Lipinski definition) is 3. The molecule has 2 fully saturated rings. The normalized spacial score (nSPS) is 19.0. The first kappa shape index (κ1) is 18.9. The average molecular weight is 363 g/mol. The molecule has 4 heteroatoms. The molecule has 3 rings (SSSR count). The van der Waals surface area contributed by atoms with Gasteiger partial charge in [-0.15, -0.1) is 11.3 Å². The zero-order chi connectivity index (χ0) is 17.8. The first-order valence-electron chi connectivity index (χ1n) is 10.2. The van der Waals surface area contributed by atoms with E-state index in [2.05, 4.69) is 36.6 Å². The molecule has 1 aromatic heterocycles. The van der Waals surface area contributed by atoms with E-state index in [1.807, 2.05) is 0 Å². The Morgan fingerprint density at radius 3 is 2.48 bits per heavy atom.